The summed E-state index contributed by atoms with van der Waals surface area (Å²) >= 11 is 0. The van der Waals surface area contributed by atoms with Crippen LogP contribution in [0.1, 0.15) is 0 Å². The van der Waals surface area contributed by atoms with Crippen LogP contribution in [0.25, 0.3) is 33.8 Å². The van der Waals surface area contributed by atoms with Crippen molar-refractivity contribution >= 4 is 0 Å². The van der Waals surface area contributed by atoms with Crippen molar-refractivity contribution in [2.75, 3.05) is 0 Å². The van der Waals surface area contributed by atoms with Crippen LogP contribution in [0.4, 0.5) is 0 Å². The molecule has 0 radical (unpaired) electrons. The molecule has 3 nitrogen and oxygen atoms in total. The van der Waals surface area contributed by atoms with Crippen molar-refractivity contribution in [1.82, 2.24) is 15.0 Å². The Labute approximate surface area is 140 Å². The van der Waals surface area contributed by atoms with Gasteiger partial charge >= 0.3 is 0 Å². The number of hydrogen-bond acceptors (Lipinski definition) is 3. The Kier molecular flexibility index (Phi) is 3.82. The molecule has 0 aliphatic heterocycles. The number of benzene rings is 2. The third-order valence-corrected chi connectivity index (χ3v) is 3.84. The molecule has 0 saturated carbocycles. The molecule has 3 heteroatoms. The molecular formula is C21H15N3. The van der Waals surface area contributed by atoms with Gasteiger partial charge in [0.1, 0.15) is 0 Å². The highest BCUT2D eigenvalue weighted by Crippen LogP contribution is 2.25. The van der Waals surface area contributed by atoms with Crippen molar-refractivity contribution in [3.8, 4) is 33.8 Å². The highest BCUT2D eigenvalue weighted by molar-refractivity contribution is 5.71. The van der Waals surface area contributed by atoms with Gasteiger partial charge in [0.15, 0.2) is 5.82 Å². The van der Waals surface area contributed by atoms with Crippen LogP contribution in [-0.4, -0.2) is 15.0 Å². The van der Waals surface area contributed by atoms with E-state index in [0.29, 0.717) is 5.82 Å². The van der Waals surface area contributed by atoms with Gasteiger partial charge in [-0.1, -0.05) is 48.5 Å². The van der Waals surface area contributed by atoms with Crippen LogP contribution in [0, 0.1) is 0 Å². The highest BCUT2D eigenvalue weighted by atomic mass is 14.9. The average molecular weight is 309 g/mol. The van der Waals surface area contributed by atoms with Gasteiger partial charge in [0, 0.05) is 29.7 Å². The van der Waals surface area contributed by atoms with Gasteiger partial charge in [0.05, 0.1) is 5.69 Å². The Morgan fingerprint density at radius 1 is 0.583 bits per heavy atom. The molecule has 0 fully saturated rings. The third-order valence-electron chi connectivity index (χ3n) is 3.84. The van der Waals surface area contributed by atoms with Crippen LogP contribution in [0.2, 0.25) is 0 Å². The van der Waals surface area contributed by atoms with Crippen molar-refractivity contribution in [2.24, 2.45) is 0 Å². The average Bonchev–Trinajstić information content (AvgIpc) is 2.70. The third kappa shape index (κ3) is 2.92. The Morgan fingerprint density at radius 2 is 1.38 bits per heavy atom. The Bertz CT molecular complexity index is 870. The summed E-state index contributed by atoms with van der Waals surface area (Å²) in [5.74, 6) is 0.717. The summed E-state index contributed by atoms with van der Waals surface area (Å²) in [7, 11) is 0. The molecule has 114 valence electrons. The van der Waals surface area contributed by atoms with Crippen LogP contribution in [0.15, 0.2) is 91.4 Å². The molecule has 0 unspecified atom stereocenters. The van der Waals surface area contributed by atoms with Crippen LogP contribution in [0.3, 0.4) is 0 Å². The molecule has 4 aromatic rings. The van der Waals surface area contributed by atoms with Crippen molar-refractivity contribution in [2.45, 2.75) is 0 Å². The second-order valence-corrected chi connectivity index (χ2v) is 5.45. The van der Waals surface area contributed by atoms with Gasteiger partial charge < -0.3 is 0 Å². The van der Waals surface area contributed by atoms with E-state index in [0.717, 1.165) is 22.4 Å². The summed E-state index contributed by atoms with van der Waals surface area (Å²) in [5, 5.41) is 0. The standard InChI is InChI=1S/C21H15N3/c1-2-6-16(7-3-1)17-8-4-9-18(14-17)21-23-13-11-20(24-21)19-10-5-12-22-15-19/h1-15H. The van der Waals surface area contributed by atoms with Crippen LogP contribution >= 0.6 is 0 Å². The molecule has 0 aliphatic rings. The van der Waals surface area contributed by atoms with Crippen molar-refractivity contribution in [3.05, 3.63) is 91.4 Å². The zero-order valence-electron chi connectivity index (χ0n) is 13.0. The predicted octanol–water partition coefficient (Wildman–Crippen LogP) is 4.87. The normalized spacial score (nSPS) is 10.5. The Hall–Kier alpha value is -3.33. The first-order valence-electron chi connectivity index (χ1n) is 7.79. The monoisotopic (exact) mass is 309 g/mol. The first kappa shape index (κ1) is 14.3. The van der Waals surface area contributed by atoms with Gasteiger partial charge in [-0.3, -0.25) is 4.98 Å². The maximum atomic E-state index is 4.70. The predicted molar refractivity (Wildman–Crippen MR) is 96.1 cm³/mol. The molecular weight excluding hydrogens is 294 g/mol. The molecule has 0 amide bonds. The Balaban J connectivity index is 1.75. The van der Waals surface area contributed by atoms with E-state index in [1.54, 1.807) is 12.4 Å². The van der Waals surface area contributed by atoms with E-state index in [-0.39, 0.29) is 0 Å². The van der Waals surface area contributed by atoms with Gasteiger partial charge in [-0.15, -0.1) is 0 Å². The Morgan fingerprint density at radius 3 is 2.21 bits per heavy atom. The zero-order chi connectivity index (χ0) is 16.2. The van der Waals surface area contributed by atoms with Crippen molar-refractivity contribution < 1.29 is 0 Å². The molecule has 0 saturated heterocycles. The lowest BCUT2D eigenvalue weighted by atomic mass is 10.0. The van der Waals surface area contributed by atoms with E-state index in [1.807, 2.05) is 54.7 Å². The van der Waals surface area contributed by atoms with E-state index >= 15 is 0 Å². The maximum Gasteiger partial charge on any atom is 0.159 e. The summed E-state index contributed by atoms with van der Waals surface area (Å²) in [5.41, 5.74) is 5.20. The fourth-order valence-corrected chi connectivity index (χ4v) is 2.64. The summed E-state index contributed by atoms with van der Waals surface area (Å²) in [6, 6.07) is 24.4. The number of nitrogens with zero attached hydrogens (tertiary/aromatic N) is 3. The number of pyridine rings is 1. The quantitative estimate of drug-likeness (QED) is 0.542. The van der Waals surface area contributed by atoms with Gasteiger partial charge in [-0.25, -0.2) is 9.97 Å². The number of rotatable bonds is 3. The fraction of sp³-hybridized carbons (Fsp3) is 0. The molecule has 4 rings (SSSR count). The van der Waals surface area contributed by atoms with Gasteiger partial charge in [0.2, 0.25) is 0 Å². The molecule has 24 heavy (non-hydrogen) atoms. The van der Waals surface area contributed by atoms with Gasteiger partial charge in [-0.2, -0.15) is 0 Å². The van der Waals surface area contributed by atoms with Crippen LogP contribution in [-0.2, 0) is 0 Å². The van der Waals surface area contributed by atoms with E-state index in [4.69, 9.17) is 4.98 Å². The topological polar surface area (TPSA) is 38.7 Å². The lowest BCUT2D eigenvalue weighted by Crippen LogP contribution is -1.92. The van der Waals surface area contributed by atoms with Gasteiger partial charge in [0.25, 0.3) is 0 Å². The molecule has 0 N–H and O–H groups in total. The SMILES string of the molecule is c1ccc(-c2cccc(-c3nccc(-c4cccnc4)n3)c2)cc1. The summed E-state index contributed by atoms with van der Waals surface area (Å²) < 4.78 is 0. The minimum Gasteiger partial charge on any atom is -0.264 e. The van der Waals surface area contributed by atoms with Crippen LogP contribution < -0.4 is 0 Å². The minimum atomic E-state index is 0.717. The van der Waals surface area contributed by atoms with Gasteiger partial charge in [-0.05, 0) is 35.4 Å². The lowest BCUT2D eigenvalue weighted by Gasteiger charge is -2.06. The summed E-state index contributed by atoms with van der Waals surface area (Å²) in [6.07, 6.45) is 5.36. The smallest absolute Gasteiger partial charge is 0.159 e. The molecule has 0 bridgehead atoms. The minimum absolute atomic E-state index is 0.717. The van der Waals surface area contributed by atoms with E-state index < -0.39 is 0 Å². The first-order valence-corrected chi connectivity index (χ1v) is 7.79. The number of hydrogen-bond donors (Lipinski definition) is 0. The lowest BCUT2D eigenvalue weighted by molar-refractivity contribution is 1.17. The summed E-state index contributed by atoms with van der Waals surface area (Å²) in [4.78, 5) is 13.3. The zero-order valence-corrected chi connectivity index (χ0v) is 13.0. The molecule has 0 aliphatic carbocycles. The molecule has 0 atom stereocenters. The van der Waals surface area contributed by atoms with Crippen molar-refractivity contribution in [1.29, 1.82) is 0 Å². The number of aromatic nitrogens is 3. The fourth-order valence-electron chi connectivity index (χ4n) is 2.64. The van der Waals surface area contributed by atoms with E-state index in [1.165, 1.54) is 5.56 Å². The molecule has 0 spiro atoms. The largest absolute Gasteiger partial charge is 0.264 e. The second kappa shape index (κ2) is 6.42. The molecule has 2 aromatic heterocycles. The maximum absolute atomic E-state index is 4.70. The summed E-state index contributed by atoms with van der Waals surface area (Å²) in [6.45, 7) is 0. The van der Waals surface area contributed by atoms with E-state index in [9.17, 15) is 0 Å². The first-order chi connectivity index (χ1) is 11.9. The van der Waals surface area contributed by atoms with Crippen molar-refractivity contribution in [3.63, 3.8) is 0 Å². The highest BCUT2D eigenvalue weighted by Gasteiger charge is 2.06. The van der Waals surface area contributed by atoms with Crippen LogP contribution in [0.5, 0.6) is 0 Å². The molecule has 2 heterocycles. The second-order valence-electron chi connectivity index (χ2n) is 5.45. The van der Waals surface area contributed by atoms with E-state index in [2.05, 4.69) is 34.2 Å². The molecule has 2 aromatic carbocycles.